The summed E-state index contributed by atoms with van der Waals surface area (Å²) in [6, 6.07) is 6.73. The third kappa shape index (κ3) is 4.45. The van der Waals surface area contributed by atoms with Gasteiger partial charge < -0.3 is 10.6 Å². The first-order chi connectivity index (χ1) is 13.3. The van der Waals surface area contributed by atoms with Crippen LogP contribution in [0, 0.1) is 6.92 Å². The number of carbonyl (C=O) groups is 1. The minimum atomic E-state index is -4.45. The maximum absolute atomic E-state index is 13.1. The van der Waals surface area contributed by atoms with E-state index in [0.29, 0.717) is 12.1 Å². The quantitative estimate of drug-likeness (QED) is 0.620. The number of nitrogens with one attached hydrogen (secondary N) is 3. The molecule has 3 N–H and O–H groups in total. The molecule has 7 nitrogen and oxygen atoms in total. The van der Waals surface area contributed by atoms with Crippen LogP contribution in [0.4, 0.5) is 35.3 Å². The fraction of sp³-hybridized carbons (Fsp3) is 0.222. The van der Waals surface area contributed by atoms with E-state index in [1.54, 1.807) is 19.1 Å². The smallest absolute Gasteiger partial charge is 0.339 e. The second-order valence-corrected chi connectivity index (χ2v) is 5.93. The van der Waals surface area contributed by atoms with Crippen LogP contribution in [0.25, 0.3) is 11.2 Å². The molecule has 3 aromatic rings. The van der Waals surface area contributed by atoms with Gasteiger partial charge in [0.1, 0.15) is 11.3 Å². The number of hydrogen-bond donors (Lipinski definition) is 3. The zero-order valence-electron chi connectivity index (χ0n) is 15.1. The molecule has 0 saturated carbocycles. The van der Waals surface area contributed by atoms with Gasteiger partial charge in [-0.25, -0.2) is 19.7 Å². The fourth-order valence-electron chi connectivity index (χ4n) is 2.50. The van der Waals surface area contributed by atoms with Crippen LogP contribution < -0.4 is 16.0 Å². The summed E-state index contributed by atoms with van der Waals surface area (Å²) < 4.78 is 39.2. The van der Waals surface area contributed by atoms with Gasteiger partial charge >= 0.3 is 12.2 Å². The van der Waals surface area contributed by atoms with Crippen LogP contribution in [-0.2, 0) is 6.18 Å². The Morgan fingerprint density at radius 1 is 1.11 bits per heavy atom. The summed E-state index contributed by atoms with van der Waals surface area (Å²) in [5, 5.41) is 7.94. The summed E-state index contributed by atoms with van der Waals surface area (Å²) in [7, 11) is 0. The molecule has 0 spiro atoms. The van der Waals surface area contributed by atoms with Gasteiger partial charge in [0.15, 0.2) is 11.5 Å². The first-order valence-electron chi connectivity index (χ1n) is 8.40. The number of amides is 2. The summed E-state index contributed by atoms with van der Waals surface area (Å²) >= 11 is 0. The van der Waals surface area contributed by atoms with Crippen molar-refractivity contribution in [1.82, 2.24) is 20.3 Å². The number of aryl methyl sites for hydroxylation is 1. The molecule has 2 heterocycles. The number of anilines is 3. The highest BCUT2D eigenvalue weighted by molar-refractivity contribution is 5.89. The number of benzene rings is 1. The largest absolute Gasteiger partial charge is 0.416 e. The molecule has 0 aliphatic heterocycles. The Morgan fingerprint density at radius 3 is 2.57 bits per heavy atom. The molecule has 2 amide bonds. The van der Waals surface area contributed by atoms with Gasteiger partial charge in [-0.15, -0.1) is 0 Å². The summed E-state index contributed by atoms with van der Waals surface area (Å²) in [6.45, 7) is 3.64. The number of rotatable bonds is 4. The molecule has 0 unspecified atom stereocenters. The van der Waals surface area contributed by atoms with E-state index < -0.39 is 17.8 Å². The van der Waals surface area contributed by atoms with Crippen molar-refractivity contribution >= 4 is 34.5 Å². The summed E-state index contributed by atoms with van der Waals surface area (Å²) in [4.78, 5) is 24.2. The van der Waals surface area contributed by atoms with Crippen molar-refractivity contribution in [3.05, 3.63) is 47.7 Å². The fourth-order valence-corrected chi connectivity index (χ4v) is 2.50. The normalized spacial score (nSPS) is 11.3. The number of aromatic nitrogens is 3. The second kappa shape index (κ2) is 7.67. The lowest BCUT2D eigenvalue weighted by Crippen LogP contribution is -2.28. The van der Waals surface area contributed by atoms with E-state index in [1.165, 1.54) is 25.3 Å². The Morgan fingerprint density at radius 2 is 1.86 bits per heavy atom. The topological polar surface area (TPSA) is 91.8 Å². The molecule has 1 aromatic carbocycles. The van der Waals surface area contributed by atoms with E-state index in [2.05, 4.69) is 30.9 Å². The Hall–Kier alpha value is -3.43. The van der Waals surface area contributed by atoms with Crippen LogP contribution in [0.1, 0.15) is 18.1 Å². The average molecular weight is 390 g/mol. The number of fused-ring (bicyclic) bond motifs is 1. The van der Waals surface area contributed by atoms with Crippen LogP contribution in [0.2, 0.25) is 0 Å². The van der Waals surface area contributed by atoms with Crippen molar-refractivity contribution in [3.63, 3.8) is 0 Å². The van der Waals surface area contributed by atoms with Gasteiger partial charge in [0.2, 0.25) is 0 Å². The number of nitrogens with zero attached hydrogens (tertiary/aromatic N) is 3. The highest BCUT2D eigenvalue weighted by Gasteiger charge is 2.32. The van der Waals surface area contributed by atoms with Crippen LogP contribution in [0.5, 0.6) is 0 Å². The monoisotopic (exact) mass is 390 g/mol. The lowest BCUT2D eigenvalue weighted by atomic mass is 10.1. The van der Waals surface area contributed by atoms with E-state index in [4.69, 9.17) is 0 Å². The van der Waals surface area contributed by atoms with Crippen molar-refractivity contribution in [1.29, 1.82) is 0 Å². The number of halogens is 3. The first kappa shape index (κ1) is 19.3. The van der Waals surface area contributed by atoms with Gasteiger partial charge in [-0.2, -0.15) is 13.2 Å². The van der Waals surface area contributed by atoms with Crippen molar-refractivity contribution < 1.29 is 18.0 Å². The van der Waals surface area contributed by atoms with Crippen molar-refractivity contribution in [2.45, 2.75) is 20.0 Å². The zero-order chi connectivity index (χ0) is 20.3. The average Bonchev–Trinajstić information content (AvgIpc) is 2.62. The molecule has 3 rings (SSSR count). The van der Waals surface area contributed by atoms with Crippen LogP contribution >= 0.6 is 0 Å². The van der Waals surface area contributed by atoms with E-state index >= 15 is 0 Å². The van der Waals surface area contributed by atoms with Crippen molar-refractivity contribution in [2.24, 2.45) is 0 Å². The highest BCUT2D eigenvalue weighted by atomic mass is 19.4. The van der Waals surface area contributed by atoms with Crippen LogP contribution in [0.3, 0.4) is 0 Å². The zero-order valence-corrected chi connectivity index (χ0v) is 15.1. The summed E-state index contributed by atoms with van der Waals surface area (Å²) in [6.07, 6.45) is -3.05. The van der Waals surface area contributed by atoms with E-state index in [9.17, 15) is 18.0 Å². The van der Waals surface area contributed by atoms with E-state index in [-0.39, 0.29) is 28.5 Å². The molecule has 0 fully saturated rings. The molecular weight excluding hydrogens is 373 g/mol. The lowest BCUT2D eigenvalue weighted by molar-refractivity contribution is -0.138. The Labute approximate surface area is 158 Å². The number of alkyl halides is 3. The maximum atomic E-state index is 13.1. The summed E-state index contributed by atoms with van der Waals surface area (Å²) in [5.41, 5.74) is 0.348. The standard InChI is InChI=1S/C18H17F3N6O/c1-3-22-17(28)27-14-7-6-13-16(25-14)26-15(9-23-13)24-11-5-4-10(2)12(8-11)18(19,20)21/h4-9H,3H2,1-2H3,(H3,22,24,25,26,27,28). The molecule has 0 aliphatic carbocycles. The maximum Gasteiger partial charge on any atom is 0.416 e. The second-order valence-electron chi connectivity index (χ2n) is 5.93. The number of pyridine rings is 1. The summed E-state index contributed by atoms with van der Waals surface area (Å²) in [5.74, 6) is 0.506. The van der Waals surface area contributed by atoms with E-state index in [0.717, 1.165) is 6.07 Å². The third-order valence-electron chi connectivity index (χ3n) is 3.80. The molecular formula is C18H17F3N6O. The third-order valence-corrected chi connectivity index (χ3v) is 3.80. The Kier molecular flexibility index (Phi) is 5.30. The van der Waals surface area contributed by atoms with Crippen molar-refractivity contribution in [3.8, 4) is 0 Å². The van der Waals surface area contributed by atoms with Crippen LogP contribution in [-0.4, -0.2) is 27.5 Å². The molecule has 28 heavy (non-hydrogen) atoms. The van der Waals surface area contributed by atoms with Gasteiger partial charge in [-0.05, 0) is 43.7 Å². The van der Waals surface area contributed by atoms with Gasteiger partial charge in [-0.3, -0.25) is 5.32 Å². The molecule has 10 heteroatoms. The number of urea groups is 1. The number of carbonyl (C=O) groups excluding carboxylic acids is 1. The molecule has 0 saturated heterocycles. The molecule has 0 aliphatic rings. The Bertz CT molecular complexity index is 1020. The first-order valence-corrected chi connectivity index (χ1v) is 8.40. The predicted octanol–water partition coefficient (Wildman–Crippen LogP) is 4.24. The molecule has 0 radical (unpaired) electrons. The number of hydrogen-bond acceptors (Lipinski definition) is 5. The van der Waals surface area contributed by atoms with E-state index in [1.807, 2.05) is 0 Å². The minimum absolute atomic E-state index is 0.130. The van der Waals surface area contributed by atoms with Gasteiger partial charge in [0, 0.05) is 12.2 Å². The molecule has 0 bridgehead atoms. The van der Waals surface area contributed by atoms with Crippen molar-refractivity contribution in [2.75, 3.05) is 17.2 Å². The van der Waals surface area contributed by atoms with Gasteiger partial charge in [0.25, 0.3) is 0 Å². The minimum Gasteiger partial charge on any atom is -0.339 e. The van der Waals surface area contributed by atoms with Crippen LogP contribution in [0.15, 0.2) is 36.5 Å². The predicted molar refractivity (Wildman–Crippen MR) is 99.5 cm³/mol. The highest BCUT2D eigenvalue weighted by Crippen LogP contribution is 2.34. The molecule has 2 aromatic heterocycles. The Balaban J connectivity index is 1.87. The molecule has 0 atom stereocenters. The SMILES string of the molecule is CCNC(=O)Nc1ccc2ncc(Nc3ccc(C)c(C(F)(F)F)c3)nc2n1. The van der Waals surface area contributed by atoms with Gasteiger partial charge in [-0.1, -0.05) is 6.07 Å². The molecule has 146 valence electrons. The lowest BCUT2D eigenvalue weighted by Gasteiger charge is -2.13. The van der Waals surface area contributed by atoms with Gasteiger partial charge in [0.05, 0.1) is 11.8 Å².